The van der Waals surface area contributed by atoms with Crippen LogP contribution in [0.25, 0.3) is 0 Å². The number of nitrogens with zero attached hydrogens (tertiary/aromatic N) is 1. The van der Waals surface area contributed by atoms with Gasteiger partial charge in [-0.1, -0.05) is 18.2 Å². The number of alkyl halides is 3. The number of hydrogen-bond acceptors (Lipinski definition) is 2. The van der Waals surface area contributed by atoms with Crippen molar-refractivity contribution in [3.63, 3.8) is 0 Å². The normalized spacial score (nSPS) is 13.0. The average Bonchev–Trinajstić information content (AvgIpc) is 2.42. The second-order valence-electron chi connectivity index (χ2n) is 4.78. The first-order chi connectivity index (χ1) is 9.79. The Hall–Kier alpha value is -1.56. The molecular formula is C15H14BrF3N2. The Morgan fingerprint density at radius 3 is 2.52 bits per heavy atom. The summed E-state index contributed by atoms with van der Waals surface area (Å²) in [6.07, 6.45) is -2.77. The van der Waals surface area contributed by atoms with Crippen molar-refractivity contribution in [3.05, 3.63) is 57.8 Å². The molecule has 0 aliphatic rings. The van der Waals surface area contributed by atoms with Crippen LogP contribution in [0.5, 0.6) is 0 Å². The van der Waals surface area contributed by atoms with Gasteiger partial charge in [0.05, 0.1) is 17.4 Å². The number of anilines is 1. The lowest BCUT2D eigenvalue weighted by Crippen LogP contribution is -2.15. The Morgan fingerprint density at radius 1 is 1.24 bits per heavy atom. The summed E-state index contributed by atoms with van der Waals surface area (Å²) in [6, 6.07) is 6.94. The van der Waals surface area contributed by atoms with E-state index in [-0.39, 0.29) is 5.56 Å². The monoisotopic (exact) mass is 358 g/mol. The molecule has 0 amide bonds. The lowest BCUT2D eigenvalue weighted by molar-refractivity contribution is -0.138. The zero-order chi connectivity index (χ0) is 15.6. The highest BCUT2D eigenvalue weighted by molar-refractivity contribution is 9.10. The van der Waals surface area contributed by atoms with E-state index >= 15 is 0 Å². The van der Waals surface area contributed by atoms with E-state index in [0.29, 0.717) is 5.69 Å². The van der Waals surface area contributed by atoms with Gasteiger partial charge in [0.2, 0.25) is 0 Å². The van der Waals surface area contributed by atoms with Crippen LogP contribution in [0.1, 0.15) is 29.7 Å². The van der Waals surface area contributed by atoms with Crippen LogP contribution >= 0.6 is 15.9 Å². The third-order valence-corrected chi connectivity index (χ3v) is 3.96. The van der Waals surface area contributed by atoms with Crippen molar-refractivity contribution in [3.8, 4) is 0 Å². The van der Waals surface area contributed by atoms with Crippen molar-refractivity contribution >= 4 is 21.6 Å². The highest BCUT2D eigenvalue weighted by Crippen LogP contribution is 2.35. The third kappa shape index (κ3) is 3.75. The Morgan fingerprint density at radius 2 is 1.90 bits per heavy atom. The van der Waals surface area contributed by atoms with E-state index in [1.54, 1.807) is 19.2 Å². The van der Waals surface area contributed by atoms with Crippen molar-refractivity contribution in [2.24, 2.45) is 0 Å². The van der Waals surface area contributed by atoms with Crippen LogP contribution < -0.4 is 5.32 Å². The standard InChI is InChI=1S/C15H14BrF3N2/c1-9-7-11(8-20-14(9)16)21-10(2)12-5-3-4-6-13(12)15(17,18)19/h3-8,10,21H,1-2H3. The summed E-state index contributed by atoms with van der Waals surface area (Å²) in [6.45, 7) is 3.57. The molecule has 21 heavy (non-hydrogen) atoms. The number of halogens is 4. The molecule has 2 aromatic rings. The van der Waals surface area contributed by atoms with Crippen LogP contribution in [0.4, 0.5) is 18.9 Å². The molecule has 0 spiro atoms. The summed E-state index contributed by atoms with van der Waals surface area (Å²) in [5.41, 5.74) is 1.19. The van der Waals surface area contributed by atoms with E-state index in [0.717, 1.165) is 16.2 Å². The molecule has 0 saturated carbocycles. The zero-order valence-electron chi connectivity index (χ0n) is 11.5. The van der Waals surface area contributed by atoms with Crippen LogP contribution in [-0.2, 0) is 6.18 Å². The fraction of sp³-hybridized carbons (Fsp3) is 0.267. The predicted molar refractivity (Wildman–Crippen MR) is 80.2 cm³/mol. The van der Waals surface area contributed by atoms with E-state index < -0.39 is 17.8 Å². The molecule has 0 bridgehead atoms. The Kier molecular flexibility index (Phi) is 4.56. The Bertz CT molecular complexity index is 641. The highest BCUT2D eigenvalue weighted by atomic mass is 79.9. The van der Waals surface area contributed by atoms with Crippen molar-refractivity contribution < 1.29 is 13.2 Å². The molecule has 1 unspecified atom stereocenters. The molecule has 1 aromatic heterocycles. The summed E-state index contributed by atoms with van der Waals surface area (Å²) < 4.78 is 39.8. The summed E-state index contributed by atoms with van der Waals surface area (Å²) in [5.74, 6) is 0. The predicted octanol–water partition coefficient (Wildman–Crippen LogP) is 5.34. The molecule has 1 atom stereocenters. The van der Waals surface area contributed by atoms with Gasteiger partial charge >= 0.3 is 6.18 Å². The van der Waals surface area contributed by atoms with Gasteiger partial charge in [-0.3, -0.25) is 0 Å². The smallest absolute Gasteiger partial charge is 0.377 e. The van der Waals surface area contributed by atoms with Crippen LogP contribution in [0, 0.1) is 6.92 Å². The van der Waals surface area contributed by atoms with E-state index in [1.165, 1.54) is 12.1 Å². The van der Waals surface area contributed by atoms with Gasteiger partial charge in [-0.05, 0) is 53.0 Å². The molecule has 112 valence electrons. The maximum atomic E-state index is 13.0. The quantitative estimate of drug-likeness (QED) is 0.748. The molecule has 1 N–H and O–H groups in total. The largest absolute Gasteiger partial charge is 0.416 e. The van der Waals surface area contributed by atoms with E-state index in [9.17, 15) is 13.2 Å². The highest BCUT2D eigenvalue weighted by Gasteiger charge is 2.34. The van der Waals surface area contributed by atoms with Crippen LogP contribution in [0.2, 0.25) is 0 Å². The molecule has 2 nitrogen and oxygen atoms in total. The SMILES string of the molecule is Cc1cc(NC(C)c2ccccc2C(F)(F)F)cnc1Br. The number of benzene rings is 1. The van der Waals surface area contributed by atoms with Gasteiger partial charge < -0.3 is 5.32 Å². The fourth-order valence-corrected chi connectivity index (χ4v) is 2.31. The maximum Gasteiger partial charge on any atom is 0.416 e. The van der Waals surface area contributed by atoms with Gasteiger partial charge in [0, 0.05) is 6.04 Å². The van der Waals surface area contributed by atoms with Crippen molar-refractivity contribution in [1.29, 1.82) is 0 Å². The minimum atomic E-state index is -4.36. The van der Waals surface area contributed by atoms with Crippen molar-refractivity contribution in [1.82, 2.24) is 4.98 Å². The molecular weight excluding hydrogens is 345 g/mol. The second kappa shape index (κ2) is 6.05. The lowest BCUT2D eigenvalue weighted by Gasteiger charge is -2.20. The van der Waals surface area contributed by atoms with Gasteiger partial charge in [-0.2, -0.15) is 13.2 Å². The number of hydrogen-bond donors (Lipinski definition) is 1. The summed E-state index contributed by atoms with van der Waals surface area (Å²) >= 11 is 3.29. The molecule has 0 fully saturated rings. The van der Waals surface area contributed by atoms with Gasteiger partial charge in [-0.25, -0.2) is 4.98 Å². The van der Waals surface area contributed by atoms with Crippen molar-refractivity contribution in [2.45, 2.75) is 26.1 Å². The molecule has 0 saturated heterocycles. The number of nitrogens with one attached hydrogen (secondary N) is 1. The Labute approximate surface area is 129 Å². The van der Waals surface area contributed by atoms with E-state index in [1.807, 2.05) is 13.0 Å². The number of rotatable bonds is 3. The Balaban J connectivity index is 2.28. The molecule has 0 aliphatic carbocycles. The third-order valence-electron chi connectivity index (χ3n) is 3.13. The molecule has 1 heterocycles. The number of aromatic nitrogens is 1. The summed E-state index contributed by atoms with van der Waals surface area (Å²) in [4.78, 5) is 4.13. The minimum absolute atomic E-state index is 0.213. The average molecular weight is 359 g/mol. The topological polar surface area (TPSA) is 24.9 Å². The van der Waals surface area contributed by atoms with Gasteiger partial charge in [0.1, 0.15) is 4.60 Å². The fourth-order valence-electron chi connectivity index (χ4n) is 2.10. The maximum absolute atomic E-state index is 13.0. The summed E-state index contributed by atoms with van der Waals surface area (Å²) in [7, 11) is 0. The second-order valence-corrected chi connectivity index (χ2v) is 5.53. The molecule has 2 rings (SSSR count). The van der Waals surface area contributed by atoms with E-state index in [2.05, 4.69) is 26.2 Å². The van der Waals surface area contributed by atoms with Crippen LogP contribution in [0.15, 0.2) is 41.1 Å². The minimum Gasteiger partial charge on any atom is -0.377 e. The van der Waals surface area contributed by atoms with E-state index in [4.69, 9.17) is 0 Å². The summed E-state index contributed by atoms with van der Waals surface area (Å²) in [5, 5.41) is 3.06. The van der Waals surface area contributed by atoms with Crippen molar-refractivity contribution in [2.75, 3.05) is 5.32 Å². The van der Waals surface area contributed by atoms with Crippen LogP contribution in [0.3, 0.4) is 0 Å². The molecule has 0 radical (unpaired) electrons. The number of aryl methyl sites for hydroxylation is 1. The van der Waals surface area contributed by atoms with Crippen LogP contribution in [-0.4, -0.2) is 4.98 Å². The number of pyridine rings is 1. The molecule has 6 heteroatoms. The zero-order valence-corrected chi connectivity index (χ0v) is 13.1. The first-order valence-electron chi connectivity index (χ1n) is 6.34. The van der Waals surface area contributed by atoms with Gasteiger partial charge in [-0.15, -0.1) is 0 Å². The lowest BCUT2D eigenvalue weighted by atomic mass is 10.0. The first-order valence-corrected chi connectivity index (χ1v) is 7.13. The molecule has 0 aliphatic heterocycles. The van der Waals surface area contributed by atoms with Gasteiger partial charge in [0.15, 0.2) is 0 Å². The van der Waals surface area contributed by atoms with Gasteiger partial charge in [0.25, 0.3) is 0 Å². The first kappa shape index (κ1) is 15.8. The molecule has 1 aromatic carbocycles.